The SMILES string of the molecule is COc1cc(Cl)c(C(N)=O)cc1-c1c[c]oc1. The van der Waals surface area contributed by atoms with Gasteiger partial charge in [-0.1, -0.05) is 11.6 Å². The van der Waals surface area contributed by atoms with Gasteiger partial charge in [0.15, 0.2) is 6.26 Å². The smallest absolute Gasteiger partial charge is 0.250 e. The molecule has 0 aliphatic heterocycles. The van der Waals surface area contributed by atoms with Crippen LogP contribution in [0.2, 0.25) is 5.02 Å². The molecule has 2 aromatic rings. The molecule has 0 unspecified atom stereocenters. The number of ether oxygens (including phenoxy) is 1. The first kappa shape index (κ1) is 11.5. The first-order valence-electron chi connectivity index (χ1n) is 4.75. The van der Waals surface area contributed by atoms with E-state index in [2.05, 4.69) is 6.26 Å². The van der Waals surface area contributed by atoms with E-state index in [0.29, 0.717) is 11.3 Å². The third kappa shape index (κ3) is 2.12. The van der Waals surface area contributed by atoms with E-state index in [1.54, 1.807) is 18.2 Å². The number of halogens is 1. The van der Waals surface area contributed by atoms with Crippen LogP contribution in [-0.2, 0) is 0 Å². The predicted molar refractivity (Wildman–Crippen MR) is 63.1 cm³/mol. The van der Waals surface area contributed by atoms with Crippen molar-refractivity contribution in [1.29, 1.82) is 0 Å². The van der Waals surface area contributed by atoms with Crippen LogP contribution >= 0.6 is 11.6 Å². The fourth-order valence-corrected chi connectivity index (χ4v) is 1.76. The summed E-state index contributed by atoms with van der Waals surface area (Å²) in [6, 6.07) is 4.75. The number of benzene rings is 1. The molecular weight excluding hydrogens is 242 g/mol. The Morgan fingerprint density at radius 2 is 2.29 bits per heavy atom. The van der Waals surface area contributed by atoms with E-state index in [1.807, 2.05) is 0 Å². The zero-order valence-corrected chi connectivity index (χ0v) is 9.75. The number of carbonyl (C=O) groups excluding carboxylic acids is 1. The van der Waals surface area contributed by atoms with Crippen molar-refractivity contribution in [3.8, 4) is 16.9 Å². The molecular formula is C12H9ClNO3. The molecule has 0 aliphatic carbocycles. The normalized spacial score (nSPS) is 10.2. The molecule has 0 saturated carbocycles. The Morgan fingerprint density at radius 1 is 1.53 bits per heavy atom. The molecule has 0 spiro atoms. The van der Waals surface area contributed by atoms with Crippen molar-refractivity contribution in [2.24, 2.45) is 5.73 Å². The standard InChI is InChI=1S/C12H9ClNO3/c1-16-11-5-10(13)9(12(14)15)4-8(11)7-2-3-17-6-7/h2,4-6H,1H3,(H2,14,15). The second-order valence-corrected chi connectivity index (χ2v) is 3.76. The van der Waals surface area contributed by atoms with Gasteiger partial charge < -0.3 is 14.9 Å². The number of carbonyl (C=O) groups is 1. The quantitative estimate of drug-likeness (QED) is 0.910. The van der Waals surface area contributed by atoms with Gasteiger partial charge >= 0.3 is 0 Å². The van der Waals surface area contributed by atoms with Crippen LogP contribution in [0.1, 0.15) is 10.4 Å². The van der Waals surface area contributed by atoms with Crippen molar-refractivity contribution in [2.75, 3.05) is 7.11 Å². The van der Waals surface area contributed by atoms with Crippen molar-refractivity contribution in [1.82, 2.24) is 0 Å². The number of furan rings is 1. The summed E-state index contributed by atoms with van der Waals surface area (Å²) in [5, 5.41) is 0.255. The Balaban J connectivity index is 2.64. The summed E-state index contributed by atoms with van der Waals surface area (Å²) in [7, 11) is 1.52. The largest absolute Gasteiger partial charge is 0.496 e. The first-order chi connectivity index (χ1) is 8.13. The van der Waals surface area contributed by atoms with Gasteiger partial charge in [-0.25, -0.2) is 0 Å². The lowest BCUT2D eigenvalue weighted by Gasteiger charge is -2.09. The average molecular weight is 251 g/mol. The van der Waals surface area contributed by atoms with Gasteiger partial charge in [-0.3, -0.25) is 4.79 Å². The van der Waals surface area contributed by atoms with Crippen LogP contribution in [0.5, 0.6) is 5.75 Å². The molecule has 2 rings (SSSR count). The van der Waals surface area contributed by atoms with Crippen molar-refractivity contribution in [2.45, 2.75) is 0 Å². The van der Waals surface area contributed by atoms with Gasteiger partial charge in [-0.15, -0.1) is 0 Å². The molecule has 0 saturated heterocycles. The van der Waals surface area contributed by atoms with E-state index < -0.39 is 5.91 Å². The molecule has 1 heterocycles. The molecule has 0 aliphatic rings. The molecule has 2 N–H and O–H groups in total. The van der Waals surface area contributed by atoms with Crippen LogP contribution in [0.15, 0.2) is 28.9 Å². The second-order valence-electron chi connectivity index (χ2n) is 3.35. The van der Waals surface area contributed by atoms with Gasteiger partial charge in [-0.2, -0.15) is 0 Å². The van der Waals surface area contributed by atoms with Gasteiger partial charge in [0, 0.05) is 17.2 Å². The number of hydrogen-bond acceptors (Lipinski definition) is 3. The van der Waals surface area contributed by atoms with Crippen LogP contribution < -0.4 is 10.5 Å². The summed E-state index contributed by atoms with van der Waals surface area (Å²) in [4.78, 5) is 11.2. The maximum atomic E-state index is 11.2. The van der Waals surface area contributed by atoms with Crippen molar-refractivity contribution >= 4 is 17.5 Å². The minimum Gasteiger partial charge on any atom is -0.496 e. The summed E-state index contributed by atoms with van der Waals surface area (Å²) in [6.45, 7) is 0. The lowest BCUT2D eigenvalue weighted by atomic mass is 10.0. The molecule has 0 atom stereocenters. The van der Waals surface area contributed by atoms with E-state index in [9.17, 15) is 4.79 Å². The van der Waals surface area contributed by atoms with E-state index >= 15 is 0 Å². The van der Waals surface area contributed by atoms with E-state index in [4.69, 9.17) is 26.5 Å². The highest BCUT2D eigenvalue weighted by Crippen LogP contribution is 2.34. The summed E-state index contributed by atoms with van der Waals surface area (Å²) in [5.74, 6) is -0.0545. The molecule has 1 aromatic carbocycles. The zero-order valence-electron chi connectivity index (χ0n) is 8.99. The second kappa shape index (κ2) is 4.51. The molecule has 87 valence electrons. The van der Waals surface area contributed by atoms with Crippen LogP contribution in [0.3, 0.4) is 0 Å². The van der Waals surface area contributed by atoms with Gasteiger partial charge in [0.05, 0.1) is 24.0 Å². The Hall–Kier alpha value is -1.94. The number of hydrogen-bond donors (Lipinski definition) is 1. The van der Waals surface area contributed by atoms with Crippen LogP contribution in [0, 0.1) is 6.26 Å². The molecule has 0 fully saturated rings. The molecule has 17 heavy (non-hydrogen) atoms. The van der Waals surface area contributed by atoms with Crippen LogP contribution in [0.4, 0.5) is 0 Å². The molecule has 1 amide bonds. The number of rotatable bonds is 3. The molecule has 0 bridgehead atoms. The van der Waals surface area contributed by atoms with E-state index in [1.165, 1.54) is 13.4 Å². The highest BCUT2D eigenvalue weighted by atomic mass is 35.5. The number of primary amides is 1. The summed E-state index contributed by atoms with van der Waals surface area (Å²) in [5.41, 5.74) is 6.89. The number of methoxy groups -OCH3 is 1. The first-order valence-corrected chi connectivity index (χ1v) is 5.13. The topological polar surface area (TPSA) is 65.5 Å². The van der Waals surface area contributed by atoms with Crippen LogP contribution in [-0.4, -0.2) is 13.0 Å². The van der Waals surface area contributed by atoms with Gasteiger partial charge in [0.25, 0.3) is 0 Å². The van der Waals surface area contributed by atoms with E-state index in [0.717, 1.165) is 5.56 Å². The van der Waals surface area contributed by atoms with Gasteiger partial charge in [0.1, 0.15) is 5.75 Å². The van der Waals surface area contributed by atoms with Crippen molar-refractivity contribution < 1.29 is 13.9 Å². The van der Waals surface area contributed by atoms with Gasteiger partial charge in [0.2, 0.25) is 5.91 Å². The van der Waals surface area contributed by atoms with Crippen molar-refractivity contribution in [3.63, 3.8) is 0 Å². The molecule has 1 aromatic heterocycles. The summed E-state index contributed by atoms with van der Waals surface area (Å²) >= 11 is 5.92. The Bertz CT molecular complexity index is 549. The highest BCUT2D eigenvalue weighted by molar-refractivity contribution is 6.34. The lowest BCUT2D eigenvalue weighted by Crippen LogP contribution is -2.11. The van der Waals surface area contributed by atoms with Crippen molar-refractivity contribution in [3.05, 3.63) is 41.3 Å². The number of nitrogens with two attached hydrogens (primary N) is 1. The number of amides is 1. The minimum absolute atomic E-state index is 0.240. The zero-order chi connectivity index (χ0) is 12.4. The predicted octanol–water partition coefficient (Wildman–Crippen LogP) is 2.51. The Kier molecular flexibility index (Phi) is 3.06. The third-order valence-corrected chi connectivity index (χ3v) is 2.65. The highest BCUT2D eigenvalue weighted by Gasteiger charge is 2.14. The monoisotopic (exact) mass is 250 g/mol. The summed E-state index contributed by atoms with van der Waals surface area (Å²) < 4.78 is 10.1. The van der Waals surface area contributed by atoms with Crippen LogP contribution in [0.25, 0.3) is 11.1 Å². The third-order valence-electron chi connectivity index (χ3n) is 2.33. The minimum atomic E-state index is -0.591. The maximum absolute atomic E-state index is 11.2. The maximum Gasteiger partial charge on any atom is 0.250 e. The van der Waals surface area contributed by atoms with E-state index in [-0.39, 0.29) is 10.6 Å². The Labute approximate surface area is 103 Å². The van der Waals surface area contributed by atoms with Gasteiger partial charge in [-0.05, 0) is 12.1 Å². The Morgan fingerprint density at radius 3 is 2.82 bits per heavy atom. The lowest BCUT2D eigenvalue weighted by molar-refractivity contribution is 0.100. The fraction of sp³-hybridized carbons (Fsp3) is 0.0833. The molecule has 5 heteroatoms. The average Bonchev–Trinajstić information content (AvgIpc) is 2.81. The fourth-order valence-electron chi connectivity index (χ4n) is 1.51. The molecule has 1 radical (unpaired) electrons. The summed E-state index contributed by atoms with van der Waals surface area (Å²) in [6.07, 6.45) is 4.06. The molecule has 4 nitrogen and oxygen atoms in total.